The predicted molar refractivity (Wildman–Crippen MR) is 66.6 cm³/mol. The molecule has 2 N–H and O–H groups in total. The lowest BCUT2D eigenvalue weighted by Gasteiger charge is -2.22. The van der Waals surface area contributed by atoms with Gasteiger partial charge in [0.1, 0.15) is 5.03 Å². The summed E-state index contributed by atoms with van der Waals surface area (Å²) in [5, 5.41) is 1.74. The highest BCUT2D eigenvalue weighted by atomic mass is 32.2. The number of hydrogen-bond donors (Lipinski definition) is 1. The van der Waals surface area contributed by atoms with Crippen molar-refractivity contribution in [3.05, 3.63) is 23.4 Å². The summed E-state index contributed by atoms with van der Waals surface area (Å²) in [6.07, 6.45) is 2.23. The summed E-state index contributed by atoms with van der Waals surface area (Å²) in [7, 11) is 0. The first-order valence-corrected chi connectivity index (χ1v) is 6.58. The molecule has 0 amide bonds. The molecule has 2 rings (SSSR count). The number of hydrogen-bond acceptors (Lipinski definition) is 4. The molecule has 1 saturated heterocycles. The fraction of sp³-hybridized carbons (Fsp3) is 0.583. The Labute approximate surface area is 101 Å². The molecule has 0 bridgehead atoms. The molecule has 0 spiro atoms. The minimum Gasteiger partial charge on any atom is -0.381 e. The van der Waals surface area contributed by atoms with Crippen molar-refractivity contribution in [3.63, 3.8) is 0 Å². The SMILES string of the molecule is Cc1ccc(CN)c(SC2CCOCC2)n1. The smallest absolute Gasteiger partial charge is 0.101 e. The lowest BCUT2D eigenvalue weighted by molar-refractivity contribution is 0.1000. The molecule has 0 unspecified atom stereocenters. The van der Waals surface area contributed by atoms with Crippen LogP contribution in [0.2, 0.25) is 0 Å². The van der Waals surface area contributed by atoms with Crippen LogP contribution in [0, 0.1) is 6.92 Å². The van der Waals surface area contributed by atoms with Gasteiger partial charge in [0.15, 0.2) is 0 Å². The lowest BCUT2D eigenvalue weighted by Crippen LogP contribution is -2.18. The van der Waals surface area contributed by atoms with Gasteiger partial charge in [0.25, 0.3) is 0 Å². The van der Waals surface area contributed by atoms with Crippen LogP contribution < -0.4 is 5.73 Å². The fourth-order valence-corrected chi connectivity index (χ4v) is 3.01. The molecule has 88 valence electrons. The van der Waals surface area contributed by atoms with E-state index >= 15 is 0 Å². The Balaban J connectivity index is 2.09. The molecule has 0 aromatic carbocycles. The van der Waals surface area contributed by atoms with Crippen molar-refractivity contribution < 1.29 is 4.74 Å². The number of aromatic nitrogens is 1. The Morgan fingerprint density at radius 2 is 2.19 bits per heavy atom. The van der Waals surface area contributed by atoms with E-state index in [2.05, 4.69) is 11.1 Å². The molecule has 16 heavy (non-hydrogen) atoms. The van der Waals surface area contributed by atoms with Crippen molar-refractivity contribution in [2.75, 3.05) is 13.2 Å². The molecule has 1 aliphatic heterocycles. The average Bonchev–Trinajstić information content (AvgIpc) is 2.31. The first kappa shape index (κ1) is 11.9. The normalized spacial score (nSPS) is 17.6. The molecular formula is C12H18N2OS. The van der Waals surface area contributed by atoms with Gasteiger partial charge in [0, 0.05) is 30.7 Å². The van der Waals surface area contributed by atoms with Crippen molar-refractivity contribution in [1.82, 2.24) is 4.98 Å². The van der Waals surface area contributed by atoms with E-state index in [-0.39, 0.29) is 0 Å². The molecule has 0 radical (unpaired) electrons. The van der Waals surface area contributed by atoms with Crippen molar-refractivity contribution in [3.8, 4) is 0 Å². The molecule has 0 atom stereocenters. The molecule has 1 aliphatic rings. The third-order valence-electron chi connectivity index (χ3n) is 2.74. The highest BCUT2D eigenvalue weighted by Crippen LogP contribution is 2.30. The van der Waals surface area contributed by atoms with Crippen LogP contribution in [0.15, 0.2) is 17.2 Å². The van der Waals surface area contributed by atoms with Crippen LogP contribution in [0.1, 0.15) is 24.1 Å². The Morgan fingerprint density at radius 1 is 1.44 bits per heavy atom. The largest absolute Gasteiger partial charge is 0.381 e. The van der Waals surface area contributed by atoms with Gasteiger partial charge < -0.3 is 10.5 Å². The van der Waals surface area contributed by atoms with Gasteiger partial charge >= 0.3 is 0 Å². The van der Waals surface area contributed by atoms with Crippen LogP contribution in [0.3, 0.4) is 0 Å². The van der Waals surface area contributed by atoms with Crippen LogP contribution in [0.5, 0.6) is 0 Å². The zero-order chi connectivity index (χ0) is 11.4. The molecule has 0 saturated carbocycles. The van der Waals surface area contributed by atoms with Gasteiger partial charge in [0.2, 0.25) is 0 Å². The van der Waals surface area contributed by atoms with Crippen LogP contribution in [0.4, 0.5) is 0 Å². The van der Waals surface area contributed by atoms with E-state index in [9.17, 15) is 0 Å². The summed E-state index contributed by atoms with van der Waals surface area (Å²) in [5.41, 5.74) is 7.94. The Morgan fingerprint density at radius 3 is 2.88 bits per heavy atom. The number of nitrogens with zero attached hydrogens (tertiary/aromatic N) is 1. The average molecular weight is 238 g/mol. The van der Waals surface area contributed by atoms with Crippen molar-refractivity contribution >= 4 is 11.8 Å². The van der Waals surface area contributed by atoms with E-state index in [1.54, 1.807) is 0 Å². The Kier molecular flexibility index (Phi) is 4.21. The second-order valence-corrected chi connectivity index (χ2v) is 5.34. The zero-order valence-electron chi connectivity index (χ0n) is 9.61. The van der Waals surface area contributed by atoms with Gasteiger partial charge in [-0.15, -0.1) is 11.8 Å². The maximum Gasteiger partial charge on any atom is 0.101 e. The summed E-state index contributed by atoms with van der Waals surface area (Å²) >= 11 is 1.86. The minimum absolute atomic E-state index is 0.568. The quantitative estimate of drug-likeness (QED) is 0.876. The topological polar surface area (TPSA) is 48.1 Å². The molecule has 0 aliphatic carbocycles. The number of pyridine rings is 1. The first-order chi connectivity index (χ1) is 7.79. The highest BCUT2D eigenvalue weighted by Gasteiger charge is 2.17. The third-order valence-corrected chi connectivity index (χ3v) is 4.13. The zero-order valence-corrected chi connectivity index (χ0v) is 10.4. The van der Waals surface area contributed by atoms with Gasteiger partial charge in [-0.05, 0) is 31.4 Å². The van der Waals surface area contributed by atoms with E-state index in [1.807, 2.05) is 24.8 Å². The molecule has 4 heteroatoms. The summed E-state index contributed by atoms with van der Waals surface area (Å²) in [5.74, 6) is 0. The summed E-state index contributed by atoms with van der Waals surface area (Å²) in [6.45, 7) is 4.34. The van der Waals surface area contributed by atoms with Crippen LogP contribution >= 0.6 is 11.8 Å². The second kappa shape index (κ2) is 5.66. The molecule has 2 heterocycles. The van der Waals surface area contributed by atoms with E-state index in [0.717, 1.165) is 42.3 Å². The van der Waals surface area contributed by atoms with E-state index in [1.165, 1.54) is 0 Å². The third kappa shape index (κ3) is 2.97. The van der Waals surface area contributed by atoms with Gasteiger partial charge in [-0.1, -0.05) is 6.07 Å². The molecule has 3 nitrogen and oxygen atoms in total. The monoisotopic (exact) mass is 238 g/mol. The van der Waals surface area contributed by atoms with Crippen molar-refractivity contribution in [2.45, 2.75) is 36.6 Å². The fourth-order valence-electron chi connectivity index (χ4n) is 1.77. The number of nitrogens with two attached hydrogens (primary N) is 1. The summed E-state index contributed by atoms with van der Waals surface area (Å²) in [4.78, 5) is 4.58. The molecule has 1 aromatic rings. The van der Waals surface area contributed by atoms with Gasteiger partial charge in [-0.3, -0.25) is 0 Å². The molecule has 1 aromatic heterocycles. The summed E-state index contributed by atoms with van der Waals surface area (Å²) < 4.78 is 5.36. The van der Waals surface area contributed by atoms with Gasteiger partial charge in [0.05, 0.1) is 0 Å². The maximum atomic E-state index is 5.73. The van der Waals surface area contributed by atoms with Gasteiger partial charge in [-0.25, -0.2) is 4.98 Å². The van der Waals surface area contributed by atoms with Gasteiger partial charge in [-0.2, -0.15) is 0 Å². The first-order valence-electron chi connectivity index (χ1n) is 5.70. The van der Waals surface area contributed by atoms with Crippen molar-refractivity contribution in [1.29, 1.82) is 0 Å². The lowest BCUT2D eigenvalue weighted by atomic mass is 10.2. The molecule has 1 fully saturated rings. The maximum absolute atomic E-state index is 5.73. The summed E-state index contributed by atoms with van der Waals surface area (Å²) in [6, 6.07) is 4.11. The Hall–Kier alpha value is -0.580. The standard InChI is InChI=1S/C12H18N2OS/c1-9-2-3-10(8-13)12(14-9)16-11-4-6-15-7-5-11/h2-3,11H,4-8,13H2,1H3. The number of thioether (sulfide) groups is 1. The van der Waals surface area contributed by atoms with E-state index in [0.29, 0.717) is 11.8 Å². The van der Waals surface area contributed by atoms with Crippen LogP contribution in [-0.2, 0) is 11.3 Å². The highest BCUT2D eigenvalue weighted by molar-refractivity contribution is 7.99. The van der Waals surface area contributed by atoms with Crippen molar-refractivity contribution in [2.24, 2.45) is 5.73 Å². The van der Waals surface area contributed by atoms with E-state index in [4.69, 9.17) is 10.5 Å². The number of aryl methyl sites for hydroxylation is 1. The molecular weight excluding hydrogens is 220 g/mol. The predicted octanol–water partition coefficient (Wildman–Crippen LogP) is 2.12. The number of rotatable bonds is 3. The number of ether oxygens (including phenoxy) is 1. The van der Waals surface area contributed by atoms with E-state index < -0.39 is 0 Å². The van der Waals surface area contributed by atoms with Crippen LogP contribution in [-0.4, -0.2) is 23.4 Å². The van der Waals surface area contributed by atoms with Crippen LogP contribution in [0.25, 0.3) is 0 Å². The minimum atomic E-state index is 0.568. The second-order valence-electron chi connectivity index (χ2n) is 4.05. The Bertz CT molecular complexity index is 351.